The van der Waals surface area contributed by atoms with Crippen LogP contribution in [0.3, 0.4) is 0 Å². The van der Waals surface area contributed by atoms with Crippen LogP contribution in [0.5, 0.6) is 0 Å². The summed E-state index contributed by atoms with van der Waals surface area (Å²) >= 11 is 0. The molecule has 0 unspecified atom stereocenters. The summed E-state index contributed by atoms with van der Waals surface area (Å²) < 4.78 is 11.3. The fourth-order valence-electron chi connectivity index (χ4n) is 1.90. The SMILES string of the molecule is CCC1(CC)OC(=O)C(CC)(CC)O1. The summed E-state index contributed by atoms with van der Waals surface area (Å²) in [5.74, 6) is -0.852. The van der Waals surface area contributed by atoms with Gasteiger partial charge in [0.15, 0.2) is 5.60 Å². The van der Waals surface area contributed by atoms with Crippen LogP contribution in [0.15, 0.2) is 0 Å². The zero-order chi connectivity index (χ0) is 10.8. The molecule has 1 fully saturated rings. The first kappa shape index (κ1) is 11.5. The highest BCUT2D eigenvalue weighted by Gasteiger charge is 2.54. The monoisotopic (exact) mass is 200 g/mol. The van der Waals surface area contributed by atoms with Crippen LogP contribution in [0.4, 0.5) is 0 Å². The predicted octanol–water partition coefficient (Wildman–Crippen LogP) is 2.63. The maximum Gasteiger partial charge on any atom is 0.341 e. The Bertz CT molecular complexity index is 215. The van der Waals surface area contributed by atoms with Crippen molar-refractivity contribution in [3.05, 3.63) is 0 Å². The van der Waals surface area contributed by atoms with Gasteiger partial charge in [-0.25, -0.2) is 4.79 Å². The Morgan fingerprint density at radius 1 is 1.00 bits per heavy atom. The van der Waals surface area contributed by atoms with Crippen molar-refractivity contribution in [1.82, 2.24) is 0 Å². The van der Waals surface area contributed by atoms with Crippen molar-refractivity contribution in [3.8, 4) is 0 Å². The molecule has 14 heavy (non-hydrogen) atoms. The van der Waals surface area contributed by atoms with Crippen molar-refractivity contribution in [2.45, 2.75) is 64.8 Å². The molecule has 3 heteroatoms. The molecule has 0 amide bonds. The third-order valence-electron chi connectivity index (χ3n) is 3.25. The van der Waals surface area contributed by atoms with Crippen LogP contribution >= 0.6 is 0 Å². The molecule has 0 spiro atoms. The highest BCUT2D eigenvalue weighted by Crippen LogP contribution is 2.40. The van der Waals surface area contributed by atoms with Crippen LogP contribution in [0.2, 0.25) is 0 Å². The molecule has 0 aromatic carbocycles. The van der Waals surface area contributed by atoms with E-state index in [0.29, 0.717) is 12.8 Å². The number of esters is 1. The fraction of sp³-hybridized carbons (Fsp3) is 0.909. The van der Waals surface area contributed by atoms with Gasteiger partial charge in [-0.1, -0.05) is 27.7 Å². The molecule has 0 aliphatic carbocycles. The summed E-state index contributed by atoms with van der Waals surface area (Å²) in [5, 5.41) is 0. The maximum absolute atomic E-state index is 11.7. The maximum atomic E-state index is 11.7. The molecular formula is C11H20O3. The Morgan fingerprint density at radius 2 is 1.50 bits per heavy atom. The quantitative estimate of drug-likeness (QED) is 0.654. The molecule has 82 valence electrons. The lowest BCUT2D eigenvalue weighted by Crippen LogP contribution is -2.37. The molecule has 0 aromatic heterocycles. The molecule has 0 aromatic rings. The van der Waals surface area contributed by atoms with Crippen molar-refractivity contribution in [2.75, 3.05) is 0 Å². The number of cyclic esters (lactones) is 1. The van der Waals surface area contributed by atoms with E-state index >= 15 is 0 Å². The van der Waals surface area contributed by atoms with E-state index in [-0.39, 0.29) is 5.97 Å². The Balaban J connectivity index is 2.91. The van der Waals surface area contributed by atoms with Gasteiger partial charge in [-0.15, -0.1) is 0 Å². The normalized spacial score (nSPS) is 23.6. The molecule has 1 aliphatic rings. The van der Waals surface area contributed by atoms with E-state index in [1.807, 2.05) is 27.7 Å². The average molecular weight is 200 g/mol. The van der Waals surface area contributed by atoms with Crippen molar-refractivity contribution < 1.29 is 14.3 Å². The van der Waals surface area contributed by atoms with E-state index in [1.165, 1.54) is 0 Å². The van der Waals surface area contributed by atoms with Gasteiger partial charge < -0.3 is 9.47 Å². The van der Waals surface area contributed by atoms with Crippen molar-refractivity contribution in [1.29, 1.82) is 0 Å². The van der Waals surface area contributed by atoms with Crippen LogP contribution in [-0.4, -0.2) is 17.4 Å². The van der Waals surface area contributed by atoms with Gasteiger partial charge in [-0.05, 0) is 12.8 Å². The van der Waals surface area contributed by atoms with Crippen LogP contribution in [0.25, 0.3) is 0 Å². The molecule has 3 nitrogen and oxygen atoms in total. The van der Waals surface area contributed by atoms with Gasteiger partial charge in [0.2, 0.25) is 5.79 Å². The van der Waals surface area contributed by atoms with Gasteiger partial charge in [-0.2, -0.15) is 0 Å². The Morgan fingerprint density at radius 3 is 1.71 bits per heavy atom. The van der Waals surface area contributed by atoms with E-state index in [1.54, 1.807) is 0 Å². The van der Waals surface area contributed by atoms with E-state index < -0.39 is 11.4 Å². The average Bonchev–Trinajstić information content (AvgIpc) is 2.53. The van der Waals surface area contributed by atoms with E-state index in [0.717, 1.165) is 12.8 Å². The second-order valence-corrected chi connectivity index (χ2v) is 3.81. The highest BCUT2D eigenvalue weighted by molar-refractivity contribution is 5.81. The van der Waals surface area contributed by atoms with Gasteiger partial charge in [0.1, 0.15) is 0 Å². The van der Waals surface area contributed by atoms with Gasteiger partial charge in [0.05, 0.1) is 0 Å². The van der Waals surface area contributed by atoms with Crippen molar-refractivity contribution >= 4 is 5.97 Å². The standard InChI is InChI=1S/C11H20O3/c1-5-10(6-2)9(12)13-11(7-3,8-4)14-10/h5-8H2,1-4H3. The zero-order valence-corrected chi connectivity index (χ0v) is 9.55. The van der Waals surface area contributed by atoms with Crippen LogP contribution in [-0.2, 0) is 14.3 Å². The van der Waals surface area contributed by atoms with Gasteiger partial charge in [0.25, 0.3) is 0 Å². The molecule has 0 atom stereocenters. The lowest BCUT2D eigenvalue weighted by atomic mass is 9.98. The van der Waals surface area contributed by atoms with Crippen molar-refractivity contribution in [2.24, 2.45) is 0 Å². The number of carbonyl (C=O) groups is 1. The van der Waals surface area contributed by atoms with Crippen LogP contribution in [0, 0.1) is 0 Å². The summed E-state index contributed by atoms with van der Waals surface area (Å²) in [4.78, 5) is 11.7. The fourth-order valence-corrected chi connectivity index (χ4v) is 1.90. The first-order valence-corrected chi connectivity index (χ1v) is 5.51. The van der Waals surface area contributed by atoms with Gasteiger partial charge >= 0.3 is 5.97 Å². The summed E-state index contributed by atoms with van der Waals surface area (Å²) in [6, 6.07) is 0. The molecule has 1 saturated heterocycles. The van der Waals surface area contributed by atoms with E-state index in [9.17, 15) is 4.79 Å². The molecule has 0 bridgehead atoms. The van der Waals surface area contributed by atoms with E-state index in [4.69, 9.17) is 9.47 Å². The summed E-state index contributed by atoms with van der Waals surface area (Å²) in [6.07, 6.45) is 2.81. The Kier molecular flexibility index (Phi) is 3.20. The smallest absolute Gasteiger partial charge is 0.341 e. The zero-order valence-electron chi connectivity index (χ0n) is 9.55. The first-order valence-electron chi connectivity index (χ1n) is 5.51. The minimum atomic E-state index is -0.688. The lowest BCUT2D eigenvalue weighted by Gasteiger charge is -2.27. The summed E-state index contributed by atoms with van der Waals surface area (Å²) in [6.45, 7) is 7.90. The number of rotatable bonds is 4. The van der Waals surface area contributed by atoms with Crippen LogP contribution < -0.4 is 0 Å². The minimum Gasteiger partial charge on any atom is -0.431 e. The topological polar surface area (TPSA) is 35.5 Å². The number of hydrogen-bond acceptors (Lipinski definition) is 3. The largest absolute Gasteiger partial charge is 0.431 e. The van der Waals surface area contributed by atoms with Crippen molar-refractivity contribution in [3.63, 3.8) is 0 Å². The molecule has 0 radical (unpaired) electrons. The second kappa shape index (κ2) is 3.89. The third-order valence-corrected chi connectivity index (χ3v) is 3.25. The molecular weight excluding hydrogens is 180 g/mol. The minimum absolute atomic E-state index is 0.189. The molecule has 1 aliphatic heterocycles. The highest BCUT2D eigenvalue weighted by atomic mass is 16.8. The van der Waals surface area contributed by atoms with Gasteiger partial charge in [-0.3, -0.25) is 0 Å². The number of hydrogen-bond donors (Lipinski definition) is 0. The molecule has 1 rings (SSSR count). The van der Waals surface area contributed by atoms with E-state index in [2.05, 4.69) is 0 Å². The Labute approximate surface area is 85.8 Å². The summed E-state index contributed by atoms with van der Waals surface area (Å²) in [7, 11) is 0. The lowest BCUT2D eigenvalue weighted by molar-refractivity contribution is -0.193. The third kappa shape index (κ3) is 1.54. The second-order valence-electron chi connectivity index (χ2n) is 3.81. The number of carbonyl (C=O) groups excluding carboxylic acids is 1. The van der Waals surface area contributed by atoms with Crippen LogP contribution in [0.1, 0.15) is 53.4 Å². The predicted molar refractivity (Wildman–Crippen MR) is 53.8 cm³/mol. The number of ether oxygens (including phenoxy) is 2. The molecule has 0 N–H and O–H groups in total. The summed E-state index contributed by atoms with van der Waals surface area (Å²) in [5.41, 5.74) is -0.688. The Hall–Kier alpha value is -0.570. The molecule has 1 heterocycles. The molecule has 0 saturated carbocycles. The first-order chi connectivity index (χ1) is 6.58. The van der Waals surface area contributed by atoms with Gasteiger partial charge in [0, 0.05) is 12.8 Å².